The number of amides is 1. The van der Waals surface area contributed by atoms with Crippen molar-refractivity contribution < 1.29 is 9.32 Å². The zero-order valence-electron chi connectivity index (χ0n) is 15.0. The average Bonchev–Trinajstić information content (AvgIpc) is 3.39. The van der Waals surface area contributed by atoms with E-state index in [1.807, 2.05) is 44.2 Å². The summed E-state index contributed by atoms with van der Waals surface area (Å²) in [7, 11) is 0. The first kappa shape index (κ1) is 16.7. The number of rotatable bonds is 5. The molecule has 6 heteroatoms. The average molecular weight is 350 g/mol. The van der Waals surface area contributed by atoms with Gasteiger partial charge in [-0.2, -0.15) is 0 Å². The maximum absolute atomic E-state index is 13.1. The number of aromatic nitrogens is 2. The molecule has 1 saturated carbocycles. The Morgan fingerprint density at radius 3 is 2.85 bits per heavy atom. The van der Waals surface area contributed by atoms with Gasteiger partial charge in [0.2, 0.25) is 0 Å². The predicted octanol–water partition coefficient (Wildman–Crippen LogP) is 3.93. The third-order valence-electron chi connectivity index (χ3n) is 4.70. The highest BCUT2D eigenvalue weighted by Crippen LogP contribution is 2.41. The highest BCUT2D eigenvalue weighted by atomic mass is 16.5. The number of nitrogens with zero attached hydrogens (tertiary/aromatic N) is 2. The predicted molar refractivity (Wildman–Crippen MR) is 100 cm³/mol. The van der Waals surface area contributed by atoms with Crippen LogP contribution in [0.5, 0.6) is 0 Å². The number of carbonyl (C=O) groups is 1. The number of nitrogens with two attached hydrogens (primary N) is 1. The normalized spacial score (nSPS) is 14.2. The molecule has 0 saturated heterocycles. The Morgan fingerprint density at radius 2 is 2.15 bits per heavy atom. The summed E-state index contributed by atoms with van der Waals surface area (Å²) in [5, 5.41) is 7.84. The van der Waals surface area contributed by atoms with E-state index in [1.54, 1.807) is 0 Å². The lowest BCUT2D eigenvalue weighted by Gasteiger charge is -2.10. The molecule has 2 aromatic heterocycles. The fourth-order valence-corrected chi connectivity index (χ4v) is 3.13. The smallest absolute Gasteiger partial charge is 0.259 e. The van der Waals surface area contributed by atoms with Gasteiger partial charge < -0.3 is 15.6 Å². The van der Waals surface area contributed by atoms with Crippen molar-refractivity contribution in [2.24, 2.45) is 5.73 Å². The van der Waals surface area contributed by atoms with Gasteiger partial charge >= 0.3 is 0 Å². The van der Waals surface area contributed by atoms with Crippen molar-refractivity contribution in [1.82, 2.24) is 10.1 Å². The van der Waals surface area contributed by atoms with Crippen LogP contribution in [0.3, 0.4) is 0 Å². The molecule has 0 aliphatic heterocycles. The number of hydrogen-bond donors (Lipinski definition) is 2. The van der Waals surface area contributed by atoms with Crippen molar-refractivity contribution >= 4 is 22.7 Å². The van der Waals surface area contributed by atoms with E-state index in [0.717, 1.165) is 35.5 Å². The van der Waals surface area contributed by atoms with Gasteiger partial charge in [-0.3, -0.25) is 4.79 Å². The Hall–Kier alpha value is -2.73. The molecule has 3 N–H and O–H groups in total. The molecular weight excluding hydrogens is 328 g/mol. The molecule has 1 amide bonds. The van der Waals surface area contributed by atoms with Crippen LogP contribution in [-0.4, -0.2) is 16.0 Å². The number of nitrogens with one attached hydrogen (secondary N) is 1. The summed E-state index contributed by atoms with van der Waals surface area (Å²) in [6, 6.07) is 9.45. The molecule has 0 radical (unpaired) electrons. The van der Waals surface area contributed by atoms with Crippen LogP contribution in [0.2, 0.25) is 0 Å². The SMILES string of the molecule is CC(C)c1noc2nc(C3CC3)cc(C(=O)Nc3cccc(CN)c3)c12. The fourth-order valence-electron chi connectivity index (χ4n) is 3.13. The lowest BCUT2D eigenvalue weighted by atomic mass is 10.0. The lowest BCUT2D eigenvalue weighted by Crippen LogP contribution is -2.14. The minimum absolute atomic E-state index is 0.136. The molecule has 4 rings (SSSR count). The summed E-state index contributed by atoms with van der Waals surface area (Å²) in [5.41, 5.74) is 10.1. The molecule has 1 aliphatic carbocycles. The molecule has 6 nitrogen and oxygen atoms in total. The molecular formula is C20H22N4O2. The Balaban J connectivity index is 1.77. The molecule has 0 bridgehead atoms. The second-order valence-electron chi connectivity index (χ2n) is 7.13. The standard InChI is InChI=1S/C20H22N4O2/c1-11(2)18-17-15(9-16(13-6-7-13)23-20(17)26-24-18)19(25)22-14-5-3-4-12(8-14)10-21/h3-5,8-9,11,13H,6-7,10,21H2,1-2H3,(H,22,25). The zero-order valence-corrected chi connectivity index (χ0v) is 15.0. The van der Waals surface area contributed by atoms with Crippen LogP contribution in [0.25, 0.3) is 11.1 Å². The number of hydrogen-bond acceptors (Lipinski definition) is 5. The van der Waals surface area contributed by atoms with E-state index in [2.05, 4.69) is 15.5 Å². The van der Waals surface area contributed by atoms with Crippen LogP contribution >= 0.6 is 0 Å². The molecule has 1 fully saturated rings. The molecule has 0 atom stereocenters. The Morgan fingerprint density at radius 1 is 1.35 bits per heavy atom. The van der Waals surface area contributed by atoms with E-state index in [4.69, 9.17) is 10.3 Å². The fraction of sp³-hybridized carbons (Fsp3) is 0.350. The van der Waals surface area contributed by atoms with Crippen molar-refractivity contribution in [2.75, 3.05) is 5.32 Å². The van der Waals surface area contributed by atoms with Crippen molar-refractivity contribution in [3.63, 3.8) is 0 Å². The Labute approximate surface area is 151 Å². The van der Waals surface area contributed by atoms with Crippen LogP contribution in [0.15, 0.2) is 34.9 Å². The molecule has 0 spiro atoms. The number of fused-ring (bicyclic) bond motifs is 1. The molecule has 2 heterocycles. The van der Waals surface area contributed by atoms with Gasteiger partial charge in [0.25, 0.3) is 11.6 Å². The molecule has 134 valence electrons. The largest absolute Gasteiger partial charge is 0.335 e. The maximum atomic E-state index is 13.1. The molecule has 1 aliphatic rings. The zero-order chi connectivity index (χ0) is 18.3. The third kappa shape index (κ3) is 3.08. The van der Waals surface area contributed by atoms with Crippen molar-refractivity contribution in [1.29, 1.82) is 0 Å². The summed E-state index contributed by atoms with van der Waals surface area (Å²) >= 11 is 0. The van der Waals surface area contributed by atoms with Crippen LogP contribution in [0.1, 0.15) is 65.8 Å². The summed E-state index contributed by atoms with van der Waals surface area (Å²) in [4.78, 5) is 17.6. The first-order valence-electron chi connectivity index (χ1n) is 8.97. The molecule has 3 aromatic rings. The Kier molecular flexibility index (Phi) is 4.20. The minimum atomic E-state index is -0.182. The monoisotopic (exact) mass is 350 g/mol. The van der Waals surface area contributed by atoms with Gasteiger partial charge in [0, 0.05) is 23.8 Å². The van der Waals surface area contributed by atoms with Gasteiger partial charge in [-0.05, 0) is 42.5 Å². The van der Waals surface area contributed by atoms with Crippen molar-refractivity contribution in [3.8, 4) is 0 Å². The third-order valence-corrected chi connectivity index (χ3v) is 4.70. The second kappa shape index (κ2) is 6.53. The summed E-state index contributed by atoms with van der Waals surface area (Å²) in [5.74, 6) is 0.370. The summed E-state index contributed by atoms with van der Waals surface area (Å²) in [6.07, 6.45) is 2.20. The van der Waals surface area contributed by atoms with Crippen LogP contribution in [-0.2, 0) is 6.54 Å². The van der Waals surface area contributed by atoms with Gasteiger partial charge in [-0.1, -0.05) is 31.1 Å². The van der Waals surface area contributed by atoms with Crippen LogP contribution in [0.4, 0.5) is 5.69 Å². The topological polar surface area (TPSA) is 94.0 Å². The second-order valence-corrected chi connectivity index (χ2v) is 7.13. The van der Waals surface area contributed by atoms with E-state index in [9.17, 15) is 4.79 Å². The van der Waals surface area contributed by atoms with Gasteiger partial charge in [-0.15, -0.1) is 0 Å². The lowest BCUT2D eigenvalue weighted by molar-refractivity contribution is 0.102. The van der Waals surface area contributed by atoms with Crippen LogP contribution < -0.4 is 11.1 Å². The van der Waals surface area contributed by atoms with E-state index >= 15 is 0 Å². The Bertz CT molecular complexity index is 973. The highest BCUT2D eigenvalue weighted by Gasteiger charge is 2.29. The number of benzene rings is 1. The minimum Gasteiger partial charge on any atom is -0.335 e. The molecule has 1 aromatic carbocycles. The van der Waals surface area contributed by atoms with Gasteiger partial charge in [0.1, 0.15) is 0 Å². The molecule has 0 unspecified atom stereocenters. The van der Waals surface area contributed by atoms with Gasteiger partial charge in [0.05, 0.1) is 16.6 Å². The van der Waals surface area contributed by atoms with Gasteiger partial charge in [0.15, 0.2) is 0 Å². The van der Waals surface area contributed by atoms with E-state index < -0.39 is 0 Å². The quantitative estimate of drug-likeness (QED) is 0.727. The summed E-state index contributed by atoms with van der Waals surface area (Å²) in [6.45, 7) is 4.48. The number of pyridine rings is 1. The molecule has 26 heavy (non-hydrogen) atoms. The number of carbonyl (C=O) groups excluding carboxylic acids is 1. The highest BCUT2D eigenvalue weighted by molar-refractivity contribution is 6.12. The maximum Gasteiger partial charge on any atom is 0.259 e. The van der Waals surface area contributed by atoms with Gasteiger partial charge in [-0.25, -0.2) is 4.98 Å². The summed E-state index contributed by atoms with van der Waals surface area (Å²) < 4.78 is 5.45. The van der Waals surface area contributed by atoms with Crippen molar-refractivity contribution in [2.45, 2.75) is 45.1 Å². The van der Waals surface area contributed by atoms with Crippen LogP contribution in [0, 0.1) is 0 Å². The van der Waals surface area contributed by atoms with E-state index in [1.165, 1.54) is 0 Å². The van der Waals surface area contributed by atoms with Crippen molar-refractivity contribution in [3.05, 3.63) is 52.8 Å². The first-order valence-corrected chi connectivity index (χ1v) is 8.97. The number of anilines is 1. The van der Waals surface area contributed by atoms with E-state index in [0.29, 0.717) is 29.1 Å². The first-order chi connectivity index (χ1) is 12.6. The van der Waals surface area contributed by atoms with E-state index in [-0.39, 0.29) is 11.8 Å².